The Morgan fingerprint density at radius 3 is 2.56 bits per heavy atom. The van der Waals surface area contributed by atoms with Gasteiger partial charge in [-0.2, -0.15) is 9.97 Å². The SMILES string of the molecule is NC1(C2CN(c3cc(N4CCOCC4)nc(-n4c(C(F)F)nc5ccccc54)n3)CCN2C=O)CCCNC1. The number of morpholine rings is 1. The van der Waals surface area contributed by atoms with Gasteiger partial charge in [-0.25, -0.2) is 13.8 Å². The van der Waals surface area contributed by atoms with Crippen LogP contribution < -0.4 is 20.9 Å². The second-order valence-corrected chi connectivity index (χ2v) is 10.4. The number of hydrogen-bond donors (Lipinski definition) is 2. The molecule has 2 aromatic heterocycles. The first-order chi connectivity index (χ1) is 19.0. The standard InChI is InChI=1S/C26H33F2N9O2/c27-23(28)24-31-18-4-1-2-5-19(18)37(24)25-32-21(34-10-12-39-13-11-34)14-22(33-25)35-8-9-36(17-38)20(15-35)26(29)6-3-7-30-16-26/h1-2,4-5,14,17,20,23,30H,3,6-13,15-16,29H2. The van der Waals surface area contributed by atoms with E-state index in [1.54, 1.807) is 29.2 Å². The van der Waals surface area contributed by atoms with Crippen molar-refractivity contribution < 1.29 is 18.3 Å². The van der Waals surface area contributed by atoms with Gasteiger partial charge in [-0.05, 0) is 31.5 Å². The van der Waals surface area contributed by atoms with E-state index >= 15 is 0 Å². The lowest BCUT2D eigenvalue weighted by Crippen LogP contribution is -2.70. The molecule has 2 unspecified atom stereocenters. The van der Waals surface area contributed by atoms with Crippen LogP contribution in [0.4, 0.5) is 20.4 Å². The second-order valence-electron chi connectivity index (χ2n) is 10.4. The third-order valence-corrected chi connectivity index (χ3v) is 8.00. The van der Waals surface area contributed by atoms with Gasteiger partial charge in [0.05, 0.1) is 35.8 Å². The number of para-hydroxylation sites is 2. The largest absolute Gasteiger partial charge is 0.378 e. The number of benzene rings is 1. The van der Waals surface area contributed by atoms with Crippen molar-refractivity contribution >= 4 is 29.1 Å². The number of amides is 1. The van der Waals surface area contributed by atoms with Gasteiger partial charge in [0.1, 0.15) is 11.6 Å². The van der Waals surface area contributed by atoms with Crippen molar-refractivity contribution in [2.24, 2.45) is 5.73 Å². The molecule has 3 aliphatic rings. The molecular weight excluding hydrogens is 508 g/mol. The van der Waals surface area contributed by atoms with E-state index in [9.17, 15) is 13.6 Å². The molecule has 5 heterocycles. The number of rotatable bonds is 6. The monoisotopic (exact) mass is 541 g/mol. The molecule has 3 fully saturated rings. The van der Waals surface area contributed by atoms with Crippen molar-refractivity contribution in [2.75, 3.05) is 68.8 Å². The van der Waals surface area contributed by atoms with Crippen molar-refractivity contribution in [1.82, 2.24) is 29.7 Å². The maximum Gasteiger partial charge on any atom is 0.296 e. The number of hydrogen-bond acceptors (Lipinski definition) is 9. The van der Waals surface area contributed by atoms with Crippen LogP contribution in [-0.4, -0.2) is 101 Å². The molecule has 6 rings (SSSR count). The summed E-state index contributed by atoms with van der Waals surface area (Å²) in [4.78, 5) is 31.7. The van der Waals surface area contributed by atoms with Crippen LogP contribution in [0.15, 0.2) is 30.3 Å². The lowest BCUT2D eigenvalue weighted by atomic mass is 9.82. The van der Waals surface area contributed by atoms with Gasteiger partial charge in [0.2, 0.25) is 12.4 Å². The number of carbonyl (C=O) groups excluding carboxylic acids is 1. The number of halogens is 2. The zero-order valence-corrected chi connectivity index (χ0v) is 21.7. The van der Waals surface area contributed by atoms with Gasteiger partial charge in [-0.3, -0.25) is 9.36 Å². The minimum atomic E-state index is -2.81. The number of aromatic nitrogens is 4. The fourth-order valence-electron chi connectivity index (χ4n) is 5.91. The number of ether oxygens (including phenoxy) is 1. The highest BCUT2D eigenvalue weighted by atomic mass is 19.3. The number of anilines is 2. The quantitative estimate of drug-likeness (QED) is 0.446. The molecule has 39 heavy (non-hydrogen) atoms. The number of piperazine rings is 1. The summed E-state index contributed by atoms with van der Waals surface area (Å²) in [6.07, 6.45) is -0.200. The number of carbonyl (C=O) groups is 1. The molecule has 3 aliphatic heterocycles. The van der Waals surface area contributed by atoms with Crippen LogP contribution in [0.5, 0.6) is 0 Å². The van der Waals surface area contributed by atoms with Crippen LogP contribution in [0.2, 0.25) is 0 Å². The molecule has 0 radical (unpaired) electrons. The van der Waals surface area contributed by atoms with E-state index in [2.05, 4.69) is 20.1 Å². The molecule has 0 saturated carbocycles. The average Bonchev–Trinajstić information content (AvgIpc) is 3.38. The van der Waals surface area contributed by atoms with Gasteiger partial charge in [0, 0.05) is 45.3 Å². The van der Waals surface area contributed by atoms with Crippen molar-refractivity contribution in [2.45, 2.75) is 30.8 Å². The lowest BCUT2D eigenvalue weighted by Gasteiger charge is -2.50. The topological polar surface area (TPSA) is 118 Å². The van der Waals surface area contributed by atoms with Gasteiger partial charge in [-0.1, -0.05) is 12.1 Å². The zero-order valence-electron chi connectivity index (χ0n) is 21.7. The Kier molecular flexibility index (Phi) is 7.04. The number of piperidine rings is 1. The summed E-state index contributed by atoms with van der Waals surface area (Å²) in [7, 11) is 0. The molecule has 208 valence electrons. The highest BCUT2D eigenvalue weighted by Crippen LogP contribution is 2.31. The van der Waals surface area contributed by atoms with E-state index in [1.807, 2.05) is 6.07 Å². The normalized spacial score (nSPS) is 24.5. The van der Waals surface area contributed by atoms with Gasteiger partial charge in [0.15, 0.2) is 5.82 Å². The molecule has 0 spiro atoms. The zero-order chi connectivity index (χ0) is 27.0. The minimum Gasteiger partial charge on any atom is -0.378 e. The van der Waals surface area contributed by atoms with E-state index < -0.39 is 17.8 Å². The summed E-state index contributed by atoms with van der Waals surface area (Å²) < 4.78 is 35.3. The summed E-state index contributed by atoms with van der Waals surface area (Å²) in [5.41, 5.74) is 7.25. The van der Waals surface area contributed by atoms with Gasteiger partial charge < -0.3 is 30.5 Å². The Morgan fingerprint density at radius 2 is 1.85 bits per heavy atom. The van der Waals surface area contributed by atoms with Gasteiger partial charge in [-0.15, -0.1) is 0 Å². The first-order valence-corrected chi connectivity index (χ1v) is 13.4. The van der Waals surface area contributed by atoms with Crippen LogP contribution in [0.3, 0.4) is 0 Å². The summed E-state index contributed by atoms with van der Waals surface area (Å²) in [6.45, 7) is 5.36. The maximum absolute atomic E-state index is 14.2. The molecule has 2 atom stereocenters. The summed E-state index contributed by atoms with van der Waals surface area (Å²) in [5.74, 6) is 0.961. The van der Waals surface area contributed by atoms with Crippen molar-refractivity contribution in [3.05, 3.63) is 36.2 Å². The third-order valence-electron chi connectivity index (χ3n) is 8.00. The van der Waals surface area contributed by atoms with Crippen molar-refractivity contribution in [3.63, 3.8) is 0 Å². The fourth-order valence-corrected chi connectivity index (χ4v) is 5.91. The number of nitrogens with two attached hydrogens (primary N) is 1. The number of nitrogens with zero attached hydrogens (tertiary/aromatic N) is 7. The van der Waals surface area contributed by atoms with Crippen LogP contribution in [0.25, 0.3) is 17.0 Å². The first kappa shape index (κ1) is 25.8. The summed E-state index contributed by atoms with van der Waals surface area (Å²) in [5, 5.41) is 3.37. The fraction of sp³-hybridized carbons (Fsp3) is 0.538. The first-order valence-electron chi connectivity index (χ1n) is 13.4. The molecule has 3 N–H and O–H groups in total. The van der Waals surface area contributed by atoms with Crippen LogP contribution in [0, 0.1) is 0 Å². The van der Waals surface area contributed by atoms with Crippen molar-refractivity contribution in [3.8, 4) is 5.95 Å². The second kappa shape index (κ2) is 10.6. The third kappa shape index (κ3) is 4.90. The molecule has 0 aliphatic carbocycles. The predicted molar refractivity (Wildman–Crippen MR) is 142 cm³/mol. The van der Waals surface area contributed by atoms with Gasteiger partial charge in [0.25, 0.3) is 6.43 Å². The Hall–Kier alpha value is -3.42. The Labute approximate surface area is 224 Å². The highest BCUT2D eigenvalue weighted by molar-refractivity contribution is 5.78. The average molecular weight is 542 g/mol. The van der Waals surface area contributed by atoms with E-state index in [0.29, 0.717) is 75.2 Å². The van der Waals surface area contributed by atoms with E-state index in [4.69, 9.17) is 20.4 Å². The van der Waals surface area contributed by atoms with Crippen LogP contribution >= 0.6 is 0 Å². The maximum atomic E-state index is 14.2. The van der Waals surface area contributed by atoms with Crippen LogP contribution in [0.1, 0.15) is 25.1 Å². The van der Waals surface area contributed by atoms with Crippen molar-refractivity contribution in [1.29, 1.82) is 0 Å². The smallest absolute Gasteiger partial charge is 0.296 e. The molecule has 13 heteroatoms. The Balaban J connectivity index is 1.44. The predicted octanol–water partition coefficient (Wildman–Crippen LogP) is 1.32. The molecule has 3 aromatic rings. The molecule has 0 bridgehead atoms. The highest BCUT2D eigenvalue weighted by Gasteiger charge is 2.43. The Morgan fingerprint density at radius 1 is 1.08 bits per heavy atom. The minimum absolute atomic E-state index is 0.133. The van der Waals surface area contributed by atoms with Gasteiger partial charge >= 0.3 is 0 Å². The molecular formula is C26H33F2N9O2. The number of nitrogens with one attached hydrogen (secondary N) is 1. The van der Waals surface area contributed by atoms with E-state index in [0.717, 1.165) is 25.8 Å². The van der Waals surface area contributed by atoms with E-state index in [-0.39, 0.29) is 12.0 Å². The molecule has 11 nitrogen and oxygen atoms in total. The number of fused-ring (bicyclic) bond motifs is 1. The lowest BCUT2D eigenvalue weighted by molar-refractivity contribution is -0.122. The van der Waals surface area contributed by atoms with E-state index in [1.165, 1.54) is 4.57 Å². The van der Waals surface area contributed by atoms with Crippen LogP contribution in [-0.2, 0) is 9.53 Å². The summed E-state index contributed by atoms with van der Waals surface area (Å²) >= 11 is 0. The Bertz CT molecular complexity index is 1320. The molecule has 3 saturated heterocycles. The summed E-state index contributed by atoms with van der Waals surface area (Å²) in [6, 6.07) is 8.66. The number of imidazole rings is 1. The molecule has 1 aromatic carbocycles. The molecule has 1 amide bonds. The number of alkyl halides is 2.